The molecular formula is C15H12Cl2N4. The summed E-state index contributed by atoms with van der Waals surface area (Å²) in [5, 5.41) is 12.5. The lowest BCUT2D eigenvalue weighted by Crippen LogP contribution is -2.05. The van der Waals surface area contributed by atoms with Crippen LogP contribution in [0.3, 0.4) is 0 Å². The average molecular weight is 319 g/mol. The fourth-order valence-electron chi connectivity index (χ4n) is 2.04. The highest BCUT2D eigenvalue weighted by Gasteiger charge is 2.08. The van der Waals surface area contributed by atoms with Gasteiger partial charge in [-0.1, -0.05) is 46.6 Å². The Hall–Kier alpha value is -2.04. The fraction of sp³-hybridized carbons (Fsp3) is 0.0667. The number of hydrogen-bond donors (Lipinski definition) is 1. The average Bonchev–Trinajstić information content (AvgIpc) is 3.01. The highest BCUT2D eigenvalue weighted by molar-refractivity contribution is 6.36. The second kappa shape index (κ2) is 6.16. The molecule has 1 N–H and O–H groups in total. The first kappa shape index (κ1) is 13.9. The van der Waals surface area contributed by atoms with Crippen LogP contribution in [0.15, 0.2) is 54.9 Å². The molecule has 0 saturated carbocycles. The first-order valence-corrected chi connectivity index (χ1v) is 7.14. The summed E-state index contributed by atoms with van der Waals surface area (Å²) >= 11 is 12.4. The Balaban J connectivity index is 1.86. The van der Waals surface area contributed by atoms with Gasteiger partial charge in [-0.15, -0.1) is 5.10 Å². The lowest BCUT2D eigenvalue weighted by atomic mass is 10.2. The van der Waals surface area contributed by atoms with Gasteiger partial charge >= 0.3 is 0 Å². The zero-order valence-corrected chi connectivity index (χ0v) is 12.5. The zero-order chi connectivity index (χ0) is 14.7. The maximum absolute atomic E-state index is 6.18. The number of rotatable bonds is 4. The molecule has 21 heavy (non-hydrogen) atoms. The van der Waals surface area contributed by atoms with E-state index in [-0.39, 0.29) is 0 Å². The number of benzene rings is 2. The van der Waals surface area contributed by atoms with Crippen molar-refractivity contribution in [1.29, 1.82) is 0 Å². The van der Waals surface area contributed by atoms with Gasteiger partial charge in [-0.2, -0.15) is 0 Å². The van der Waals surface area contributed by atoms with E-state index in [4.69, 9.17) is 23.2 Å². The predicted octanol–water partition coefficient (Wildman–Crippen LogP) is 4.19. The molecule has 0 unspecified atom stereocenters. The second-order valence-corrected chi connectivity index (χ2v) is 5.23. The van der Waals surface area contributed by atoms with Gasteiger partial charge in [0, 0.05) is 22.2 Å². The van der Waals surface area contributed by atoms with Crippen molar-refractivity contribution in [3.63, 3.8) is 0 Å². The van der Waals surface area contributed by atoms with Crippen molar-refractivity contribution in [1.82, 2.24) is 15.0 Å². The molecule has 3 rings (SSSR count). The highest BCUT2D eigenvalue weighted by atomic mass is 35.5. The van der Waals surface area contributed by atoms with Crippen molar-refractivity contribution < 1.29 is 0 Å². The van der Waals surface area contributed by atoms with Crippen LogP contribution in [-0.4, -0.2) is 15.0 Å². The molecule has 0 atom stereocenters. The SMILES string of the molecule is Clc1cccc(Cl)c1CNc1ccccc1-n1ccnn1. The van der Waals surface area contributed by atoms with Crippen LogP contribution in [0.4, 0.5) is 5.69 Å². The third-order valence-electron chi connectivity index (χ3n) is 3.09. The molecule has 0 radical (unpaired) electrons. The molecule has 0 amide bonds. The van der Waals surface area contributed by atoms with E-state index in [0.29, 0.717) is 16.6 Å². The summed E-state index contributed by atoms with van der Waals surface area (Å²) in [5.74, 6) is 0. The van der Waals surface area contributed by atoms with Crippen LogP contribution in [0.25, 0.3) is 5.69 Å². The maximum atomic E-state index is 6.18. The summed E-state index contributed by atoms with van der Waals surface area (Å²) in [6.45, 7) is 0.532. The number of nitrogens with zero attached hydrogens (tertiary/aromatic N) is 3. The predicted molar refractivity (Wildman–Crippen MR) is 85.1 cm³/mol. The second-order valence-electron chi connectivity index (χ2n) is 4.42. The summed E-state index contributed by atoms with van der Waals surface area (Å²) in [7, 11) is 0. The Morgan fingerprint density at radius 3 is 2.48 bits per heavy atom. The molecule has 0 aliphatic heterocycles. The van der Waals surface area contributed by atoms with Crippen LogP contribution in [0.5, 0.6) is 0 Å². The van der Waals surface area contributed by atoms with Crippen molar-refractivity contribution in [2.75, 3.05) is 5.32 Å². The van der Waals surface area contributed by atoms with E-state index in [1.807, 2.05) is 42.5 Å². The van der Waals surface area contributed by atoms with Gasteiger partial charge in [0.15, 0.2) is 0 Å². The third-order valence-corrected chi connectivity index (χ3v) is 3.80. The molecule has 3 aromatic rings. The van der Waals surface area contributed by atoms with Crippen molar-refractivity contribution in [3.05, 3.63) is 70.5 Å². The molecule has 6 heteroatoms. The largest absolute Gasteiger partial charge is 0.379 e. The number of hydrogen-bond acceptors (Lipinski definition) is 3. The molecule has 0 aliphatic carbocycles. The van der Waals surface area contributed by atoms with Gasteiger partial charge in [-0.3, -0.25) is 0 Å². The van der Waals surface area contributed by atoms with Gasteiger partial charge in [0.1, 0.15) is 0 Å². The van der Waals surface area contributed by atoms with E-state index in [0.717, 1.165) is 16.9 Å². The minimum Gasteiger partial charge on any atom is -0.379 e. The minimum atomic E-state index is 0.532. The number of anilines is 1. The molecule has 0 spiro atoms. The van der Waals surface area contributed by atoms with Gasteiger partial charge in [0.05, 0.1) is 23.8 Å². The number of halogens is 2. The van der Waals surface area contributed by atoms with Crippen molar-refractivity contribution in [2.45, 2.75) is 6.54 Å². The minimum absolute atomic E-state index is 0.532. The van der Waals surface area contributed by atoms with Gasteiger partial charge in [0.25, 0.3) is 0 Å². The number of aromatic nitrogens is 3. The molecule has 0 aliphatic rings. The van der Waals surface area contributed by atoms with Crippen LogP contribution >= 0.6 is 23.2 Å². The molecule has 1 heterocycles. The molecular weight excluding hydrogens is 307 g/mol. The molecule has 106 valence electrons. The quantitative estimate of drug-likeness (QED) is 0.784. The number of para-hydroxylation sites is 2. The Bertz CT molecular complexity index is 721. The van der Waals surface area contributed by atoms with E-state index < -0.39 is 0 Å². The van der Waals surface area contributed by atoms with Gasteiger partial charge in [-0.25, -0.2) is 4.68 Å². The monoisotopic (exact) mass is 318 g/mol. The van der Waals surface area contributed by atoms with E-state index in [1.165, 1.54) is 0 Å². The van der Waals surface area contributed by atoms with Gasteiger partial charge < -0.3 is 5.32 Å². The van der Waals surface area contributed by atoms with Crippen molar-refractivity contribution in [2.24, 2.45) is 0 Å². The number of nitrogens with one attached hydrogen (secondary N) is 1. The zero-order valence-electron chi connectivity index (χ0n) is 11.0. The molecule has 0 saturated heterocycles. The standard InChI is InChI=1S/C15H12Cl2N4/c16-12-4-3-5-13(17)11(12)10-18-14-6-1-2-7-15(14)21-9-8-19-20-21/h1-9,18H,10H2. The first-order valence-electron chi connectivity index (χ1n) is 6.38. The summed E-state index contributed by atoms with van der Waals surface area (Å²) in [5.41, 5.74) is 2.71. The topological polar surface area (TPSA) is 42.7 Å². The first-order chi connectivity index (χ1) is 10.3. The van der Waals surface area contributed by atoms with Crippen LogP contribution in [0.1, 0.15) is 5.56 Å². The van der Waals surface area contributed by atoms with Crippen LogP contribution in [0.2, 0.25) is 10.0 Å². The maximum Gasteiger partial charge on any atom is 0.0894 e. The van der Waals surface area contributed by atoms with Crippen molar-refractivity contribution >= 4 is 28.9 Å². The van der Waals surface area contributed by atoms with E-state index in [2.05, 4.69) is 15.6 Å². The molecule has 0 bridgehead atoms. The summed E-state index contributed by atoms with van der Waals surface area (Å²) < 4.78 is 1.70. The summed E-state index contributed by atoms with van der Waals surface area (Å²) in [4.78, 5) is 0. The van der Waals surface area contributed by atoms with Crippen LogP contribution in [-0.2, 0) is 6.54 Å². The lowest BCUT2D eigenvalue weighted by molar-refractivity contribution is 0.803. The Morgan fingerprint density at radius 1 is 1.00 bits per heavy atom. The van der Waals surface area contributed by atoms with Crippen LogP contribution < -0.4 is 5.32 Å². The molecule has 1 aromatic heterocycles. The molecule has 4 nitrogen and oxygen atoms in total. The highest BCUT2D eigenvalue weighted by Crippen LogP contribution is 2.26. The summed E-state index contributed by atoms with van der Waals surface area (Å²) in [6, 6.07) is 13.3. The van der Waals surface area contributed by atoms with Crippen molar-refractivity contribution in [3.8, 4) is 5.69 Å². The Morgan fingerprint density at radius 2 is 1.76 bits per heavy atom. The van der Waals surface area contributed by atoms with Gasteiger partial charge in [-0.05, 0) is 24.3 Å². The molecule has 2 aromatic carbocycles. The normalized spacial score (nSPS) is 10.6. The Labute approximate surface area is 132 Å². The smallest absolute Gasteiger partial charge is 0.0894 e. The lowest BCUT2D eigenvalue weighted by Gasteiger charge is -2.13. The fourth-order valence-corrected chi connectivity index (χ4v) is 2.58. The Kier molecular flexibility index (Phi) is 4.08. The van der Waals surface area contributed by atoms with E-state index in [9.17, 15) is 0 Å². The van der Waals surface area contributed by atoms with E-state index in [1.54, 1.807) is 17.1 Å². The van der Waals surface area contributed by atoms with Gasteiger partial charge in [0.2, 0.25) is 0 Å². The third kappa shape index (κ3) is 3.01. The summed E-state index contributed by atoms with van der Waals surface area (Å²) in [6.07, 6.45) is 3.44. The van der Waals surface area contributed by atoms with Crippen LogP contribution in [0, 0.1) is 0 Å². The van der Waals surface area contributed by atoms with E-state index >= 15 is 0 Å². The molecule has 0 fully saturated rings.